The third-order valence-corrected chi connectivity index (χ3v) is 3.19. The van der Waals surface area contributed by atoms with Crippen LogP contribution in [0.5, 0.6) is 0 Å². The Bertz CT molecular complexity index is 792. The number of rotatable bonds is 5. The molecule has 0 saturated carbocycles. The van der Waals surface area contributed by atoms with Crippen LogP contribution in [0.2, 0.25) is 0 Å². The molecule has 1 aromatic carbocycles. The van der Waals surface area contributed by atoms with Gasteiger partial charge in [0.1, 0.15) is 11.6 Å². The molecule has 23 heavy (non-hydrogen) atoms. The van der Waals surface area contributed by atoms with E-state index < -0.39 is 17.5 Å². The normalized spacial score (nSPS) is 10.7. The van der Waals surface area contributed by atoms with Crippen molar-refractivity contribution in [1.29, 1.82) is 0 Å². The van der Waals surface area contributed by atoms with Gasteiger partial charge in [-0.05, 0) is 24.3 Å². The minimum atomic E-state index is -0.702. The number of carbonyl (C=O) groups is 1. The average molecular weight is 318 g/mol. The first-order valence-corrected chi connectivity index (χ1v) is 6.82. The fourth-order valence-electron chi connectivity index (χ4n) is 2.05. The molecule has 1 N–H and O–H groups in total. The van der Waals surface area contributed by atoms with Gasteiger partial charge in [0.15, 0.2) is 5.76 Å². The Morgan fingerprint density at radius 1 is 1.13 bits per heavy atom. The molecule has 0 bridgehead atoms. The molecule has 0 aliphatic rings. The number of aromatic nitrogens is 1. The molecule has 2 aromatic heterocycles. The van der Waals surface area contributed by atoms with Crippen molar-refractivity contribution < 1.29 is 22.5 Å². The number of furan rings is 1. The number of hydrogen-bond acceptors (Lipinski definition) is 4. The molecule has 0 aliphatic carbocycles. The molecule has 118 valence electrons. The Morgan fingerprint density at radius 2 is 1.91 bits per heavy atom. The molecule has 0 saturated heterocycles. The summed E-state index contributed by atoms with van der Waals surface area (Å²) >= 11 is 0. The maximum absolute atomic E-state index is 13.5. The van der Waals surface area contributed by atoms with Gasteiger partial charge in [-0.3, -0.25) is 4.79 Å². The monoisotopic (exact) mass is 318 g/mol. The summed E-state index contributed by atoms with van der Waals surface area (Å²) in [5.41, 5.74) is 0.209. The fraction of sp³-hybridized carbons (Fsp3) is 0.125. The van der Waals surface area contributed by atoms with Crippen LogP contribution in [0.15, 0.2) is 51.6 Å². The van der Waals surface area contributed by atoms with Crippen LogP contribution >= 0.6 is 0 Å². The first-order chi connectivity index (χ1) is 11.1. The van der Waals surface area contributed by atoms with E-state index in [0.717, 1.165) is 12.1 Å². The van der Waals surface area contributed by atoms with Gasteiger partial charge in [0, 0.05) is 18.2 Å². The first-order valence-electron chi connectivity index (χ1n) is 6.82. The Kier molecular flexibility index (Phi) is 4.18. The number of nitrogens with zero attached hydrogens (tertiary/aromatic N) is 1. The van der Waals surface area contributed by atoms with Gasteiger partial charge in [0.05, 0.1) is 18.4 Å². The first kappa shape index (κ1) is 15.0. The van der Waals surface area contributed by atoms with E-state index in [1.165, 1.54) is 12.3 Å². The number of halogens is 2. The van der Waals surface area contributed by atoms with E-state index in [4.69, 9.17) is 8.94 Å². The van der Waals surface area contributed by atoms with Gasteiger partial charge in [-0.1, -0.05) is 11.2 Å². The lowest BCUT2D eigenvalue weighted by Crippen LogP contribution is -2.25. The summed E-state index contributed by atoms with van der Waals surface area (Å²) in [6.45, 7) is -0.236. The molecule has 0 spiro atoms. The van der Waals surface area contributed by atoms with Gasteiger partial charge in [0.25, 0.3) is 0 Å². The molecule has 2 heterocycles. The fourth-order valence-corrected chi connectivity index (χ4v) is 2.05. The number of nitrogens with one attached hydrogen (secondary N) is 1. The van der Waals surface area contributed by atoms with Crippen LogP contribution in [-0.2, 0) is 17.8 Å². The molecule has 3 rings (SSSR count). The van der Waals surface area contributed by atoms with Gasteiger partial charge in [-0.2, -0.15) is 0 Å². The lowest BCUT2D eigenvalue weighted by molar-refractivity contribution is -0.120. The van der Waals surface area contributed by atoms with E-state index in [1.54, 1.807) is 18.2 Å². The Morgan fingerprint density at radius 3 is 2.61 bits per heavy atom. The number of amides is 1. The number of benzene rings is 1. The Hall–Kier alpha value is -2.96. The molecule has 0 radical (unpaired) electrons. The van der Waals surface area contributed by atoms with E-state index in [2.05, 4.69) is 10.5 Å². The van der Waals surface area contributed by atoms with E-state index in [-0.39, 0.29) is 18.5 Å². The van der Waals surface area contributed by atoms with Crippen molar-refractivity contribution in [1.82, 2.24) is 10.5 Å². The van der Waals surface area contributed by atoms with Crippen LogP contribution in [-0.4, -0.2) is 11.1 Å². The second-order valence-corrected chi connectivity index (χ2v) is 4.81. The van der Waals surface area contributed by atoms with Gasteiger partial charge >= 0.3 is 0 Å². The topological polar surface area (TPSA) is 68.3 Å². The van der Waals surface area contributed by atoms with Crippen LogP contribution in [0.25, 0.3) is 11.5 Å². The van der Waals surface area contributed by atoms with Crippen molar-refractivity contribution >= 4 is 5.91 Å². The Labute approximate surface area is 129 Å². The molecule has 0 atom stereocenters. The van der Waals surface area contributed by atoms with E-state index in [1.807, 2.05) is 0 Å². The van der Waals surface area contributed by atoms with Crippen molar-refractivity contribution in [2.45, 2.75) is 13.0 Å². The molecule has 3 aromatic rings. The van der Waals surface area contributed by atoms with Crippen LogP contribution in [0.1, 0.15) is 11.3 Å². The van der Waals surface area contributed by atoms with Gasteiger partial charge in [0.2, 0.25) is 11.7 Å². The maximum Gasteiger partial charge on any atom is 0.226 e. The van der Waals surface area contributed by atoms with Crippen molar-refractivity contribution in [3.05, 3.63) is 65.6 Å². The molecule has 7 heteroatoms. The largest absolute Gasteiger partial charge is 0.461 e. The standard InChI is InChI=1S/C16H12F2N2O3/c17-12-3-1-4-13(18)11(12)9-19-16(21)8-10-7-15(23-20-10)14-5-2-6-22-14/h1-7H,8-9H2,(H,19,21). The highest BCUT2D eigenvalue weighted by Crippen LogP contribution is 2.20. The van der Waals surface area contributed by atoms with Gasteiger partial charge in [-0.25, -0.2) is 8.78 Å². The zero-order valence-electron chi connectivity index (χ0n) is 11.9. The highest BCUT2D eigenvalue weighted by Gasteiger charge is 2.14. The summed E-state index contributed by atoms with van der Waals surface area (Å²) in [6.07, 6.45) is 1.42. The number of carbonyl (C=O) groups excluding carboxylic acids is 1. The Balaban J connectivity index is 1.60. The maximum atomic E-state index is 13.5. The predicted octanol–water partition coefficient (Wildman–Crippen LogP) is 3.07. The minimum absolute atomic E-state index is 0.0692. The minimum Gasteiger partial charge on any atom is -0.461 e. The van der Waals surface area contributed by atoms with E-state index in [0.29, 0.717) is 17.2 Å². The molecular weight excluding hydrogens is 306 g/mol. The summed E-state index contributed by atoms with van der Waals surface area (Å²) in [5.74, 6) is -0.929. The molecule has 1 amide bonds. The van der Waals surface area contributed by atoms with Gasteiger partial charge < -0.3 is 14.3 Å². The lowest BCUT2D eigenvalue weighted by Gasteiger charge is -2.06. The molecular formula is C16H12F2N2O3. The van der Waals surface area contributed by atoms with Crippen LogP contribution < -0.4 is 5.32 Å². The van der Waals surface area contributed by atoms with E-state index in [9.17, 15) is 13.6 Å². The summed E-state index contributed by atoms with van der Waals surface area (Å²) in [6, 6.07) is 8.51. The van der Waals surface area contributed by atoms with E-state index >= 15 is 0 Å². The van der Waals surface area contributed by atoms with Crippen molar-refractivity contribution in [2.75, 3.05) is 0 Å². The quantitative estimate of drug-likeness (QED) is 0.785. The summed E-state index contributed by atoms with van der Waals surface area (Å²) in [4.78, 5) is 11.8. The number of hydrogen-bond donors (Lipinski definition) is 1. The molecule has 0 aliphatic heterocycles. The average Bonchev–Trinajstić information content (AvgIpc) is 3.17. The van der Waals surface area contributed by atoms with Crippen LogP contribution in [0, 0.1) is 11.6 Å². The second kappa shape index (κ2) is 6.43. The predicted molar refractivity (Wildman–Crippen MR) is 76.1 cm³/mol. The zero-order valence-corrected chi connectivity index (χ0v) is 11.9. The van der Waals surface area contributed by atoms with Gasteiger partial charge in [-0.15, -0.1) is 0 Å². The zero-order chi connectivity index (χ0) is 16.2. The summed E-state index contributed by atoms with van der Waals surface area (Å²) in [5, 5.41) is 6.21. The van der Waals surface area contributed by atoms with Crippen LogP contribution in [0.4, 0.5) is 8.78 Å². The summed E-state index contributed by atoms with van der Waals surface area (Å²) in [7, 11) is 0. The van der Waals surface area contributed by atoms with Crippen molar-refractivity contribution in [3.63, 3.8) is 0 Å². The molecule has 0 fully saturated rings. The second-order valence-electron chi connectivity index (χ2n) is 4.81. The lowest BCUT2D eigenvalue weighted by atomic mass is 10.2. The van der Waals surface area contributed by atoms with Crippen molar-refractivity contribution in [3.8, 4) is 11.5 Å². The SMILES string of the molecule is O=C(Cc1cc(-c2ccco2)on1)NCc1c(F)cccc1F. The molecule has 0 unspecified atom stereocenters. The third-order valence-electron chi connectivity index (χ3n) is 3.19. The molecule has 5 nitrogen and oxygen atoms in total. The van der Waals surface area contributed by atoms with Crippen LogP contribution in [0.3, 0.4) is 0 Å². The highest BCUT2D eigenvalue weighted by molar-refractivity contribution is 5.78. The third kappa shape index (κ3) is 3.45. The smallest absolute Gasteiger partial charge is 0.226 e. The highest BCUT2D eigenvalue weighted by atomic mass is 19.1. The summed E-state index contributed by atoms with van der Waals surface area (Å²) < 4.78 is 37.1. The van der Waals surface area contributed by atoms with Crippen molar-refractivity contribution in [2.24, 2.45) is 0 Å².